The number of fused-ring (bicyclic) bond motifs is 1. The molecule has 0 saturated carbocycles. The molecule has 0 amide bonds. The highest BCUT2D eigenvalue weighted by molar-refractivity contribution is 7.90. The number of aryl methyl sites for hydroxylation is 2. The van der Waals surface area contributed by atoms with Crippen LogP contribution in [0.1, 0.15) is 41.0 Å². The van der Waals surface area contributed by atoms with Crippen molar-refractivity contribution in [1.82, 2.24) is 0 Å². The molecule has 0 bridgehead atoms. The predicted octanol–water partition coefficient (Wildman–Crippen LogP) is 5.40. The van der Waals surface area contributed by atoms with E-state index in [-0.39, 0.29) is 17.6 Å². The molecular weight excluding hydrogens is 504 g/mol. The summed E-state index contributed by atoms with van der Waals surface area (Å²) in [7, 11) is -1.59. The smallest absolute Gasteiger partial charge is 0.306 e. The molecule has 1 heterocycles. The Bertz CT molecular complexity index is 1390. The quantitative estimate of drug-likeness (QED) is 0.239. The number of hydrogen-bond acceptors (Lipinski definition) is 7. The SMILES string of the molecule is COC(=O)CC1COc2cc(OCc3cccc(-c4c(C)cc(OCCCS(C)(=O)=O)cc4C)c3)ccc21. The molecule has 1 atom stereocenters. The fourth-order valence-corrected chi connectivity index (χ4v) is 5.40. The summed E-state index contributed by atoms with van der Waals surface area (Å²) in [6, 6.07) is 18.0. The number of carbonyl (C=O) groups excluding carboxylic acids is 1. The largest absolute Gasteiger partial charge is 0.494 e. The van der Waals surface area contributed by atoms with Crippen LogP contribution in [0.4, 0.5) is 0 Å². The first-order chi connectivity index (χ1) is 18.1. The Hall–Kier alpha value is -3.52. The van der Waals surface area contributed by atoms with Crippen molar-refractivity contribution in [2.75, 3.05) is 32.3 Å². The Labute approximate surface area is 224 Å². The van der Waals surface area contributed by atoms with Gasteiger partial charge < -0.3 is 18.9 Å². The number of rotatable bonds is 11. The van der Waals surface area contributed by atoms with Crippen LogP contribution in [0, 0.1) is 13.8 Å². The topological polar surface area (TPSA) is 88.1 Å². The van der Waals surface area contributed by atoms with E-state index in [1.807, 2.05) is 56.3 Å². The molecule has 0 spiro atoms. The first-order valence-corrected chi connectivity index (χ1v) is 14.7. The van der Waals surface area contributed by atoms with Crippen LogP contribution in [-0.2, 0) is 26.0 Å². The van der Waals surface area contributed by atoms with E-state index in [0.717, 1.165) is 44.9 Å². The Morgan fingerprint density at radius 3 is 2.47 bits per heavy atom. The van der Waals surface area contributed by atoms with Crippen LogP contribution in [0.15, 0.2) is 54.6 Å². The highest BCUT2D eigenvalue weighted by atomic mass is 32.2. The van der Waals surface area contributed by atoms with Gasteiger partial charge in [0.2, 0.25) is 0 Å². The number of carbonyl (C=O) groups is 1. The lowest BCUT2D eigenvalue weighted by atomic mass is 9.94. The normalized spacial score (nSPS) is 14.5. The van der Waals surface area contributed by atoms with Crippen molar-refractivity contribution >= 4 is 15.8 Å². The van der Waals surface area contributed by atoms with Crippen LogP contribution in [0.3, 0.4) is 0 Å². The summed E-state index contributed by atoms with van der Waals surface area (Å²) in [5, 5.41) is 0. The first kappa shape index (κ1) is 27.5. The van der Waals surface area contributed by atoms with E-state index in [4.69, 9.17) is 18.9 Å². The van der Waals surface area contributed by atoms with Crippen molar-refractivity contribution in [2.24, 2.45) is 0 Å². The van der Waals surface area contributed by atoms with Crippen LogP contribution in [0.2, 0.25) is 0 Å². The summed E-state index contributed by atoms with van der Waals surface area (Å²) >= 11 is 0. The van der Waals surface area contributed by atoms with E-state index >= 15 is 0 Å². The molecule has 1 unspecified atom stereocenters. The molecule has 0 radical (unpaired) electrons. The lowest BCUT2D eigenvalue weighted by molar-refractivity contribution is -0.141. The lowest BCUT2D eigenvalue weighted by Gasteiger charge is -2.15. The summed E-state index contributed by atoms with van der Waals surface area (Å²) in [6.45, 7) is 5.31. The van der Waals surface area contributed by atoms with Crippen molar-refractivity contribution in [3.8, 4) is 28.4 Å². The molecule has 7 nitrogen and oxygen atoms in total. The fourth-order valence-electron chi connectivity index (χ4n) is 4.76. The zero-order chi connectivity index (χ0) is 27.3. The Morgan fingerprint density at radius 2 is 1.76 bits per heavy atom. The zero-order valence-corrected chi connectivity index (χ0v) is 23.1. The van der Waals surface area contributed by atoms with E-state index in [1.165, 1.54) is 13.4 Å². The van der Waals surface area contributed by atoms with Crippen molar-refractivity contribution in [1.29, 1.82) is 0 Å². The van der Waals surface area contributed by atoms with Gasteiger partial charge in [0, 0.05) is 23.8 Å². The number of benzene rings is 3. The van der Waals surface area contributed by atoms with Crippen molar-refractivity contribution in [3.05, 3.63) is 76.9 Å². The predicted molar refractivity (Wildman–Crippen MR) is 147 cm³/mol. The minimum absolute atomic E-state index is 0.000986. The van der Waals surface area contributed by atoms with Gasteiger partial charge in [-0.3, -0.25) is 4.79 Å². The van der Waals surface area contributed by atoms with E-state index < -0.39 is 9.84 Å². The molecule has 8 heteroatoms. The Kier molecular flexibility index (Phi) is 8.62. The number of esters is 1. The van der Waals surface area contributed by atoms with E-state index in [9.17, 15) is 13.2 Å². The van der Waals surface area contributed by atoms with Gasteiger partial charge in [0.1, 0.15) is 33.7 Å². The van der Waals surface area contributed by atoms with Gasteiger partial charge in [0.05, 0.1) is 32.5 Å². The molecule has 4 rings (SSSR count). The molecule has 38 heavy (non-hydrogen) atoms. The lowest BCUT2D eigenvalue weighted by Crippen LogP contribution is -2.09. The van der Waals surface area contributed by atoms with E-state index in [2.05, 4.69) is 12.1 Å². The summed E-state index contributed by atoms with van der Waals surface area (Å²) in [5.41, 5.74) is 6.42. The third-order valence-electron chi connectivity index (χ3n) is 6.56. The van der Waals surface area contributed by atoms with Crippen LogP contribution < -0.4 is 14.2 Å². The van der Waals surface area contributed by atoms with Gasteiger partial charge in [0.15, 0.2) is 0 Å². The monoisotopic (exact) mass is 538 g/mol. The molecule has 0 N–H and O–H groups in total. The second-order valence-electron chi connectivity index (χ2n) is 9.74. The van der Waals surface area contributed by atoms with Gasteiger partial charge in [-0.2, -0.15) is 0 Å². The molecule has 0 fully saturated rings. The molecule has 1 aliphatic heterocycles. The van der Waals surface area contributed by atoms with Crippen LogP contribution in [0.25, 0.3) is 11.1 Å². The van der Waals surface area contributed by atoms with Crippen LogP contribution in [0.5, 0.6) is 17.2 Å². The van der Waals surface area contributed by atoms with Crippen molar-refractivity contribution in [3.63, 3.8) is 0 Å². The maximum atomic E-state index is 11.6. The summed E-state index contributed by atoms with van der Waals surface area (Å²) in [4.78, 5) is 11.6. The van der Waals surface area contributed by atoms with Gasteiger partial charge >= 0.3 is 5.97 Å². The first-order valence-electron chi connectivity index (χ1n) is 12.6. The zero-order valence-electron chi connectivity index (χ0n) is 22.3. The third kappa shape index (κ3) is 7.07. The second kappa shape index (κ2) is 11.9. The fraction of sp³-hybridized carbons (Fsp3) is 0.367. The van der Waals surface area contributed by atoms with Gasteiger partial charge in [-0.1, -0.05) is 24.3 Å². The second-order valence-corrected chi connectivity index (χ2v) is 12.0. The van der Waals surface area contributed by atoms with Crippen LogP contribution in [-0.4, -0.2) is 46.7 Å². The molecule has 202 valence electrons. The third-order valence-corrected chi connectivity index (χ3v) is 7.59. The molecule has 0 aliphatic carbocycles. The molecule has 3 aromatic rings. The average Bonchev–Trinajstić information content (AvgIpc) is 3.26. The van der Waals surface area contributed by atoms with Gasteiger partial charge in [-0.25, -0.2) is 8.42 Å². The summed E-state index contributed by atoms with van der Waals surface area (Å²) in [5.74, 6) is 2.06. The molecule has 3 aromatic carbocycles. The highest BCUT2D eigenvalue weighted by Crippen LogP contribution is 2.38. The number of hydrogen-bond donors (Lipinski definition) is 0. The molecular formula is C30H34O7S. The number of ether oxygens (including phenoxy) is 4. The van der Waals surface area contributed by atoms with Gasteiger partial charge in [-0.15, -0.1) is 0 Å². The number of sulfone groups is 1. The maximum Gasteiger partial charge on any atom is 0.306 e. The maximum absolute atomic E-state index is 11.6. The minimum Gasteiger partial charge on any atom is -0.494 e. The average molecular weight is 539 g/mol. The van der Waals surface area contributed by atoms with Crippen molar-refractivity contribution < 1.29 is 32.2 Å². The summed E-state index contributed by atoms with van der Waals surface area (Å²) in [6.07, 6.45) is 2.00. The highest BCUT2D eigenvalue weighted by Gasteiger charge is 2.27. The van der Waals surface area contributed by atoms with Crippen LogP contribution >= 0.6 is 0 Å². The summed E-state index contributed by atoms with van der Waals surface area (Å²) < 4.78 is 45.1. The Balaban J connectivity index is 1.41. The van der Waals surface area contributed by atoms with Gasteiger partial charge in [-0.05, 0) is 72.4 Å². The van der Waals surface area contributed by atoms with Gasteiger partial charge in [0.25, 0.3) is 0 Å². The minimum atomic E-state index is -2.99. The molecule has 0 aromatic heterocycles. The molecule has 0 saturated heterocycles. The standard InChI is InChI=1S/C30H34O7S/c1-20-13-26(35-11-6-12-38(4,32)33)14-21(2)30(20)23-8-5-7-22(15-23)18-36-25-9-10-27-24(16-29(31)34-3)19-37-28(27)17-25/h5,7-10,13-15,17,24H,6,11-12,16,18-19H2,1-4H3. The molecule has 1 aliphatic rings. The van der Waals surface area contributed by atoms with E-state index in [1.54, 1.807) is 0 Å². The number of methoxy groups -OCH3 is 1. The Morgan fingerprint density at radius 1 is 1.00 bits per heavy atom. The van der Waals surface area contributed by atoms with Crippen molar-refractivity contribution in [2.45, 2.75) is 39.2 Å². The van der Waals surface area contributed by atoms with E-state index in [0.29, 0.717) is 38.4 Å².